The second-order valence-electron chi connectivity index (χ2n) is 4.11. The van der Waals surface area contributed by atoms with Crippen molar-refractivity contribution in [2.24, 2.45) is 0 Å². The summed E-state index contributed by atoms with van der Waals surface area (Å²) in [5.41, 5.74) is 0.643. The number of hydrogen-bond acceptors (Lipinski definition) is 5. The number of rotatable bonds is 2. The number of aryl methyl sites for hydroxylation is 1. The molecule has 1 aliphatic rings. The van der Waals surface area contributed by atoms with E-state index in [1.165, 1.54) is 0 Å². The molecule has 0 spiro atoms. The maximum atomic E-state index is 9.79. The molecule has 1 saturated carbocycles. The van der Waals surface area contributed by atoms with Crippen LogP contribution in [0.25, 0.3) is 0 Å². The number of aliphatic hydroxyl groups is 1. The third kappa shape index (κ3) is 2.59. The number of nitrogens with one attached hydrogen (secondary N) is 1. The SMILES string of the molecule is Cc1nc(N[C@@H]2CCCC[C@@H]2O)nnc1Cl. The molecule has 16 heavy (non-hydrogen) atoms. The summed E-state index contributed by atoms with van der Waals surface area (Å²) in [6, 6.07) is 0.0242. The third-order valence-corrected chi connectivity index (χ3v) is 3.20. The van der Waals surface area contributed by atoms with Gasteiger partial charge in [0.05, 0.1) is 17.8 Å². The quantitative estimate of drug-likeness (QED) is 0.823. The smallest absolute Gasteiger partial charge is 0.243 e. The molecule has 0 amide bonds. The van der Waals surface area contributed by atoms with Gasteiger partial charge in [0.15, 0.2) is 5.15 Å². The molecule has 2 rings (SSSR count). The van der Waals surface area contributed by atoms with E-state index < -0.39 is 0 Å². The Morgan fingerprint density at radius 1 is 1.31 bits per heavy atom. The molecule has 1 aliphatic carbocycles. The first-order valence-corrected chi connectivity index (χ1v) is 5.86. The van der Waals surface area contributed by atoms with Gasteiger partial charge >= 0.3 is 0 Å². The van der Waals surface area contributed by atoms with Gasteiger partial charge in [-0.05, 0) is 19.8 Å². The monoisotopic (exact) mass is 242 g/mol. The lowest BCUT2D eigenvalue weighted by Gasteiger charge is -2.28. The maximum Gasteiger partial charge on any atom is 0.243 e. The minimum Gasteiger partial charge on any atom is -0.391 e. The molecule has 0 bridgehead atoms. The molecule has 2 atom stereocenters. The van der Waals surface area contributed by atoms with Gasteiger partial charge in [-0.25, -0.2) is 4.98 Å². The van der Waals surface area contributed by atoms with Crippen LogP contribution < -0.4 is 5.32 Å². The Morgan fingerprint density at radius 3 is 2.75 bits per heavy atom. The van der Waals surface area contributed by atoms with Gasteiger partial charge in [0.25, 0.3) is 0 Å². The minimum absolute atomic E-state index is 0.0242. The number of anilines is 1. The summed E-state index contributed by atoms with van der Waals surface area (Å²) in [6.45, 7) is 1.78. The van der Waals surface area contributed by atoms with Crippen molar-refractivity contribution in [3.05, 3.63) is 10.8 Å². The van der Waals surface area contributed by atoms with E-state index in [1.807, 2.05) is 0 Å². The van der Waals surface area contributed by atoms with Crippen LogP contribution in [0.5, 0.6) is 0 Å². The molecule has 2 N–H and O–H groups in total. The standard InChI is InChI=1S/C10H15ClN4O/c1-6-9(11)14-15-10(12-6)13-7-4-2-3-5-8(7)16/h7-8,16H,2-5H2,1H3,(H,12,13,15)/t7-,8+/m1/s1. The summed E-state index contributed by atoms with van der Waals surface area (Å²) in [4.78, 5) is 4.17. The lowest BCUT2D eigenvalue weighted by molar-refractivity contribution is 0.116. The van der Waals surface area contributed by atoms with Crippen LogP contribution in [0.2, 0.25) is 5.15 Å². The van der Waals surface area contributed by atoms with E-state index in [9.17, 15) is 5.11 Å². The zero-order valence-electron chi connectivity index (χ0n) is 9.15. The topological polar surface area (TPSA) is 70.9 Å². The first-order valence-electron chi connectivity index (χ1n) is 5.48. The highest BCUT2D eigenvalue weighted by Gasteiger charge is 2.23. The zero-order valence-corrected chi connectivity index (χ0v) is 9.91. The molecule has 0 unspecified atom stereocenters. The molecule has 88 valence electrons. The van der Waals surface area contributed by atoms with Crippen LogP contribution in [0.15, 0.2) is 0 Å². The molecule has 1 aromatic heterocycles. The van der Waals surface area contributed by atoms with Crippen LogP contribution in [-0.2, 0) is 0 Å². The number of aromatic nitrogens is 3. The van der Waals surface area contributed by atoms with Gasteiger partial charge in [-0.2, -0.15) is 0 Å². The Morgan fingerprint density at radius 2 is 2.06 bits per heavy atom. The van der Waals surface area contributed by atoms with Crippen molar-refractivity contribution in [2.45, 2.75) is 44.8 Å². The first kappa shape index (κ1) is 11.5. The molecular formula is C10H15ClN4O. The van der Waals surface area contributed by atoms with Gasteiger partial charge in [-0.1, -0.05) is 24.4 Å². The Hall–Kier alpha value is -0.940. The Labute approximate surface area is 99.3 Å². The van der Waals surface area contributed by atoms with Gasteiger partial charge in [-0.15, -0.1) is 10.2 Å². The molecule has 0 aromatic carbocycles. The van der Waals surface area contributed by atoms with E-state index in [2.05, 4.69) is 20.5 Å². The van der Waals surface area contributed by atoms with E-state index in [1.54, 1.807) is 6.92 Å². The fourth-order valence-corrected chi connectivity index (χ4v) is 1.98. The average Bonchev–Trinajstić information content (AvgIpc) is 2.27. The van der Waals surface area contributed by atoms with Gasteiger partial charge in [0.1, 0.15) is 0 Å². The second-order valence-corrected chi connectivity index (χ2v) is 4.47. The molecule has 1 fully saturated rings. The van der Waals surface area contributed by atoms with E-state index in [4.69, 9.17) is 11.6 Å². The second kappa shape index (κ2) is 4.93. The van der Waals surface area contributed by atoms with Crippen LogP contribution >= 0.6 is 11.6 Å². The fourth-order valence-electron chi connectivity index (χ4n) is 1.90. The van der Waals surface area contributed by atoms with Gasteiger partial charge in [-0.3, -0.25) is 0 Å². The summed E-state index contributed by atoms with van der Waals surface area (Å²) < 4.78 is 0. The third-order valence-electron chi connectivity index (χ3n) is 2.85. The molecule has 5 nitrogen and oxygen atoms in total. The Bertz CT molecular complexity index is 374. The van der Waals surface area contributed by atoms with Crippen molar-refractivity contribution in [1.82, 2.24) is 15.2 Å². The Kier molecular flexibility index (Phi) is 3.56. The highest BCUT2D eigenvalue weighted by molar-refractivity contribution is 6.29. The highest BCUT2D eigenvalue weighted by atomic mass is 35.5. The van der Waals surface area contributed by atoms with Crippen molar-refractivity contribution < 1.29 is 5.11 Å². The molecule has 1 aromatic rings. The summed E-state index contributed by atoms with van der Waals surface area (Å²) in [5.74, 6) is 0.438. The Balaban J connectivity index is 2.05. The van der Waals surface area contributed by atoms with Crippen LogP contribution in [-0.4, -0.2) is 32.4 Å². The van der Waals surface area contributed by atoms with Gasteiger partial charge < -0.3 is 10.4 Å². The summed E-state index contributed by atoms with van der Waals surface area (Å²) in [5, 5.41) is 20.8. The summed E-state index contributed by atoms with van der Waals surface area (Å²) >= 11 is 5.74. The predicted molar refractivity (Wildman–Crippen MR) is 61.5 cm³/mol. The molecule has 0 radical (unpaired) electrons. The van der Waals surface area contributed by atoms with Crippen molar-refractivity contribution in [3.63, 3.8) is 0 Å². The summed E-state index contributed by atoms with van der Waals surface area (Å²) in [6.07, 6.45) is 3.64. The minimum atomic E-state index is -0.326. The fraction of sp³-hybridized carbons (Fsp3) is 0.700. The van der Waals surface area contributed by atoms with Gasteiger partial charge in [0, 0.05) is 0 Å². The van der Waals surface area contributed by atoms with E-state index in [0.717, 1.165) is 25.7 Å². The molecule has 6 heteroatoms. The van der Waals surface area contributed by atoms with Crippen LogP contribution in [0.3, 0.4) is 0 Å². The number of hydrogen-bond donors (Lipinski definition) is 2. The van der Waals surface area contributed by atoms with E-state index in [0.29, 0.717) is 16.8 Å². The molecule has 0 saturated heterocycles. The lowest BCUT2D eigenvalue weighted by atomic mass is 9.93. The number of aliphatic hydroxyl groups excluding tert-OH is 1. The molecule has 0 aliphatic heterocycles. The summed E-state index contributed by atoms with van der Waals surface area (Å²) in [7, 11) is 0. The normalized spacial score (nSPS) is 25.4. The number of nitrogens with zero attached hydrogens (tertiary/aromatic N) is 3. The average molecular weight is 243 g/mol. The van der Waals surface area contributed by atoms with Gasteiger partial charge in [0.2, 0.25) is 5.95 Å². The predicted octanol–water partition coefficient (Wildman–Crippen LogP) is 1.55. The van der Waals surface area contributed by atoms with Crippen LogP contribution in [0.4, 0.5) is 5.95 Å². The van der Waals surface area contributed by atoms with E-state index >= 15 is 0 Å². The maximum absolute atomic E-state index is 9.79. The van der Waals surface area contributed by atoms with E-state index in [-0.39, 0.29) is 12.1 Å². The highest BCUT2D eigenvalue weighted by Crippen LogP contribution is 2.21. The van der Waals surface area contributed by atoms with Crippen molar-refractivity contribution in [1.29, 1.82) is 0 Å². The largest absolute Gasteiger partial charge is 0.391 e. The van der Waals surface area contributed by atoms with Crippen molar-refractivity contribution in [3.8, 4) is 0 Å². The zero-order chi connectivity index (χ0) is 11.5. The first-order chi connectivity index (χ1) is 7.66. The number of halogens is 1. The van der Waals surface area contributed by atoms with Crippen LogP contribution in [0, 0.1) is 6.92 Å². The lowest BCUT2D eigenvalue weighted by Crippen LogP contribution is -2.37. The van der Waals surface area contributed by atoms with Crippen molar-refractivity contribution >= 4 is 17.5 Å². The molecular weight excluding hydrogens is 228 g/mol. The van der Waals surface area contributed by atoms with Crippen LogP contribution in [0.1, 0.15) is 31.4 Å². The van der Waals surface area contributed by atoms with Crippen molar-refractivity contribution in [2.75, 3.05) is 5.32 Å². The molecule has 1 heterocycles.